The first-order valence-corrected chi connectivity index (χ1v) is 9.06. The molecule has 0 aliphatic heterocycles. The Morgan fingerprint density at radius 1 is 0.839 bits per heavy atom. The fraction of sp³-hybridized carbons (Fsp3) is 0.125. The van der Waals surface area contributed by atoms with Gasteiger partial charge in [0, 0.05) is 0 Å². The van der Waals surface area contributed by atoms with Crippen molar-refractivity contribution >= 4 is 29.3 Å². The van der Waals surface area contributed by atoms with Crippen molar-refractivity contribution in [2.75, 3.05) is 26.2 Å². The number of anilines is 2. The zero-order valence-corrected chi connectivity index (χ0v) is 17.3. The summed E-state index contributed by atoms with van der Waals surface area (Å²) in [6.07, 6.45) is 9.55. The van der Waals surface area contributed by atoms with E-state index in [1.54, 1.807) is 48.5 Å². The van der Waals surface area contributed by atoms with Crippen molar-refractivity contribution in [1.82, 2.24) is 0 Å². The van der Waals surface area contributed by atoms with Crippen molar-refractivity contribution in [3.63, 3.8) is 0 Å². The van der Waals surface area contributed by atoms with Crippen molar-refractivity contribution in [3.05, 3.63) is 83.6 Å². The predicted molar refractivity (Wildman–Crippen MR) is 116 cm³/mol. The van der Waals surface area contributed by atoms with Crippen LogP contribution in [0.5, 0.6) is 0 Å². The molecule has 0 aliphatic carbocycles. The molecule has 7 heteroatoms. The SMILES string of the molecule is C#CC=CC=C(C(=O)OC)N(c1ccccc1C(=O)OC)c1ccccc1C(=O)OC. The van der Waals surface area contributed by atoms with Gasteiger partial charge in [-0.2, -0.15) is 0 Å². The average molecular weight is 419 g/mol. The molecule has 0 amide bonds. The number of methoxy groups -OCH3 is 3. The number of hydrogen-bond donors (Lipinski definition) is 0. The Bertz CT molecular complexity index is 1020. The molecule has 2 aromatic rings. The van der Waals surface area contributed by atoms with Gasteiger partial charge in [0.25, 0.3) is 0 Å². The van der Waals surface area contributed by atoms with Crippen LogP contribution in [-0.2, 0) is 19.0 Å². The van der Waals surface area contributed by atoms with Crippen molar-refractivity contribution in [3.8, 4) is 12.3 Å². The van der Waals surface area contributed by atoms with Gasteiger partial charge in [-0.1, -0.05) is 36.3 Å². The van der Waals surface area contributed by atoms with Gasteiger partial charge < -0.3 is 19.1 Å². The molecule has 0 heterocycles. The number of benzene rings is 2. The van der Waals surface area contributed by atoms with Crippen molar-refractivity contribution < 1.29 is 28.6 Å². The predicted octanol–water partition coefficient (Wildman–Crippen LogP) is 3.64. The van der Waals surface area contributed by atoms with Gasteiger partial charge in [0.2, 0.25) is 0 Å². The van der Waals surface area contributed by atoms with Gasteiger partial charge in [-0.05, 0) is 36.4 Å². The molecule has 2 rings (SSSR count). The molecule has 7 nitrogen and oxygen atoms in total. The quantitative estimate of drug-likeness (QED) is 0.223. The van der Waals surface area contributed by atoms with Crippen LogP contribution in [0, 0.1) is 12.3 Å². The molecular weight excluding hydrogens is 398 g/mol. The molecule has 0 fully saturated rings. The van der Waals surface area contributed by atoms with Crippen LogP contribution in [0.25, 0.3) is 0 Å². The molecule has 0 spiro atoms. The monoisotopic (exact) mass is 419 g/mol. The molecule has 0 unspecified atom stereocenters. The number of carbonyl (C=O) groups excluding carboxylic acids is 3. The summed E-state index contributed by atoms with van der Waals surface area (Å²) in [5.41, 5.74) is 0.912. The van der Waals surface area contributed by atoms with Crippen molar-refractivity contribution in [2.45, 2.75) is 0 Å². The summed E-state index contributed by atoms with van der Waals surface area (Å²) >= 11 is 0. The number of carbonyl (C=O) groups is 3. The minimum atomic E-state index is -0.721. The summed E-state index contributed by atoms with van der Waals surface area (Å²) in [6, 6.07) is 13.0. The van der Waals surface area contributed by atoms with Crippen LogP contribution < -0.4 is 4.90 Å². The lowest BCUT2D eigenvalue weighted by Crippen LogP contribution is -2.27. The molecule has 0 bridgehead atoms. The zero-order chi connectivity index (χ0) is 22.8. The standard InChI is InChI=1S/C24H21NO6/c1-5-6-7-16-21(24(28)31-4)25(19-14-10-8-12-17(19)22(26)29-2)20-15-11-9-13-18(20)23(27)30-3/h1,6-16H,2-4H3. The fourth-order valence-corrected chi connectivity index (χ4v) is 2.82. The highest BCUT2D eigenvalue weighted by molar-refractivity contribution is 6.05. The van der Waals surface area contributed by atoms with Crippen LogP contribution in [0.2, 0.25) is 0 Å². The molecule has 0 saturated carbocycles. The first kappa shape index (κ1) is 23.0. The number of nitrogens with zero attached hydrogens (tertiary/aromatic N) is 1. The summed E-state index contributed by atoms with van der Waals surface area (Å²) in [4.78, 5) is 39.1. The van der Waals surface area contributed by atoms with E-state index in [1.165, 1.54) is 44.5 Å². The Labute approximate surface area is 180 Å². The van der Waals surface area contributed by atoms with E-state index in [1.807, 2.05) is 0 Å². The minimum Gasteiger partial charge on any atom is -0.465 e. The molecule has 2 aromatic carbocycles. The molecule has 158 valence electrons. The smallest absolute Gasteiger partial charge is 0.355 e. The Balaban J connectivity index is 2.92. The maximum absolute atomic E-state index is 12.7. The third kappa shape index (κ3) is 5.19. The second kappa shape index (κ2) is 11.0. The maximum atomic E-state index is 12.7. The number of rotatable bonds is 7. The van der Waals surface area contributed by atoms with Gasteiger partial charge in [0.1, 0.15) is 5.70 Å². The van der Waals surface area contributed by atoms with Gasteiger partial charge in [0.15, 0.2) is 0 Å². The largest absolute Gasteiger partial charge is 0.465 e. The van der Waals surface area contributed by atoms with Crippen LogP contribution in [0.1, 0.15) is 20.7 Å². The van der Waals surface area contributed by atoms with Crippen LogP contribution in [0.15, 0.2) is 72.5 Å². The van der Waals surface area contributed by atoms with Gasteiger partial charge >= 0.3 is 17.9 Å². The highest BCUT2D eigenvalue weighted by Gasteiger charge is 2.28. The van der Waals surface area contributed by atoms with Crippen LogP contribution >= 0.6 is 0 Å². The Morgan fingerprint density at radius 2 is 1.32 bits per heavy atom. The molecular formula is C24H21NO6. The lowest BCUT2D eigenvalue weighted by molar-refractivity contribution is -0.136. The summed E-state index contributed by atoms with van der Waals surface area (Å²) < 4.78 is 14.7. The number of allylic oxidation sites excluding steroid dienone is 3. The number of para-hydroxylation sites is 2. The first-order valence-electron chi connectivity index (χ1n) is 9.06. The first-order chi connectivity index (χ1) is 15.0. The van der Waals surface area contributed by atoms with E-state index in [4.69, 9.17) is 20.6 Å². The fourth-order valence-electron chi connectivity index (χ4n) is 2.82. The molecule has 0 aliphatic rings. The van der Waals surface area contributed by atoms with E-state index in [-0.39, 0.29) is 28.2 Å². The number of hydrogen-bond acceptors (Lipinski definition) is 7. The Hall–Kier alpha value is -4.31. The second-order valence-corrected chi connectivity index (χ2v) is 5.92. The van der Waals surface area contributed by atoms with E-state index in [0.29, 0.717) is 0 Å². The van der Waals surface area contributed by atoms with Gasteiger partial charge in [-0.15, -0.1) is 6.42 Å². The van der Waals surface area contributed by atoms with Gasteiger partial charge in [0.05, 0.1) is 43.8 Å². The van der Waals surface area contributed by atoms with Crippen molar-refractivity contribution in [1.29, 1.82) is 0 Å². The lowest BCUT2D eigenvalue weighted by Gasteiger charge is -2.29. The second-order valence-electron chi connectivity index (χ2n) is 5.92. The topological polar surface area (TPSA) is 82.1 Å². The van der Waals surface area contributed by atoms with E-state index in [9.17, 15) is 14.4 Å². The average Bonchev–Trinajstić information content (AvgIpc) is 2.82. The van der Waals surface area contributed by atoms with Crippen molar-refractivity contribution in [2.24, 2.45) is 0 Å². The van der Waals surface area contributed by atoms with Crippen LogP contribution in [-0.4, -0.2) is 39.2 Å². The highest BCUT2D eigenvalue weighted by Crippen LogP contribution is 2.36. The highest BCUT2D eigenvalue weighted by atomic mass is 16.5. The third-order valence-electron chi connectivity index (χ3n) is 4.18. The van der Waals surface area contributed by atoms with Gasteiger partial charge in [-0.25, -0.2) is 14.4 Å². The summed E-state index contributed by atoms with van der Waals surface area (Å²) in [5.74, 6) is 0.360. The normalized spacial score (nSPS) is 10.8. The molecule has 0 aromatic heterocycles. The van der Waals surface area contributed by atoms with E-state index in [0.717, 1.165) is 0 Å². The van der Waals surface area contributed by atoms with E-state index < -0.39 is 17.9 Å². The van der Waals surface area contributed by atoms with Crippen LogP contribution in [0.3, 0.4) is 0 Å². The van der Waals surface area contributed by atoms with Crippen LogP contribution in [0.4, 0.5) is 11.4 Å². The maximum Gasteiger partial charge on any atom is 0.355 e. The molecule has 0 N–H and O–H groups in total. The third-order valence-corrected chi connectivity index (χ3v) is 4.18. The van der Waals surface area contributed by atoms with E-state index >= 15 is 0 Å². The minimum absolute atomic E-state index is 0.00158. The molecule has 0 radical (unpaired) electrons. The summed E-state index contributed by atoms with van der Waals surface area (Å²) in [6.45, 7) is 0. The summed E-state index contributed by atoms with van der Waals surface area (Å²) in [5, 5.41) is 0. The molecule has 31 heavy (non-hydrogen) atoms. The van der Waals surface area contributed by atoms with Gasteiger partial charge in [-0.3, -0.25) is 0 Å². The lowest BCUT2D eigenvalue weighted by atomic mass is 10.1. The number of terminal acetylenes is 1. The summed E-state index contributed by atoms with van der Waals surface area (Å²) in [7, 11) is 3.72. The molecule has 0 atom stereocenters. The number of ether oxygens (including phenoxy) is 3. The number of esters is 3. The Morgan fingerprint density at radius 3 is 1.74 bits per heavy atom. The van der Waals surface area contributed by atoms with E-state index in [2.05, 4.69) is 5.92 Å². The zero-order valence-electron chi connectivity index (χ0n) is 17.3. The Kier molecular flexibility index (Phi) is 8.17. The molecule has 0 saturated heterocycles.